The molecule has 3 aromatic heterocycles. The van der Waals surface area contributed by atoms with Crippen LogP contribution in [0, 0.1) is 0 Å². The van der Waals surface area contributed by atoms with Gasteiger partial charge in [0, 0.05) is 28.7 Å². The standard InChI is InChI=1S/C25H23ClN6O3/c1-2-3-14-35-20-10-4-17(5-11-20)21-15-22-24-29-32(25(34)30(24)12-13-31(22)28-21)16-23(33)27-19-8-6-18(26)7-9-19/h4-13,15H,2-3,14,16H2,1H3,(H,27,33). The van der Waals surface area contributed by atoms with Crippen LogP contribution in [0.5, 0.6) is 5.75 Å². The molecule has 5 aromatic rings. The highest BCUT2D eigenvalue weighted by molar-refractivity contribution is 6.30. The number of carbonyl (C=O) groups excluding carboxylic acids is 1. The van der Waals surface area contributed by atoms with Gasteiger partial charge in [0.1, 0.15) is 17.8 Å². The number of ether oxygens (including phenoxy) is 1. The van der Waals surface area contributed by atoms with Crippen molar-refractivity contribution in [2.75, 3.05) is 11.9 Å². The summed E-state index contributed by atoms with van der Waals surface area (Å²) < 4.78 is 9.94. The van der Waals surface area contributed by atoms with Gasteiger partial charge in [-0.2, -0.15) is 5.10 Å². The minimum Gasteiger partial charge on any atom is -0.494 e. The Kier molecular flexibility index (Phi) is 6.24. The SMILES string of the molecule is CCCCOc1ccc(-c2cc3c4nn(CC(=O)Nc5ccc(Cl)cc5)c(=O)n4ccn3n2)cc1. The summed E-state index contributed by atoms with van der Waals surface area (Å²) in [5.74, 6) is 0.444. The molecule has 3 heterocycles. The summed E-state index contributed by atoms with van der Waals surface area (Å²) in [4.78, 5) is 25.3. The van der Waals surface area contributed by atoms with Gasteiger partial charge in [-0.1, -0.05) is 24.9 Å². The predicted octanol–water partition coefficient (Wildman–Crippen LogP) is 4.28. The van der Waals surface area contributed by atoms with Crippen molar-refractivity contribution in [3.05, 3.63) is 82.5 Å². The summed E-state index contributed by atoms with van der Waals surface area (Å²) in [6.07, 6.45) is 5.38. The molecule has 1 N–H and O–H groups in total. The van der Waals surface area contributed by atoms with Crippen LogP contribution in [0.3, 0.4) is 0 Å². The number of halogens is 1. The largest absolute Gasteiger partial charge is 0.494 e. The maximum Gasteiger partial charge on any atom is 0.350 e. The van der Waals surface area contributed by atoms with Crippen LogP contribution in [0.4, 0.5) is 5.69 Å². The van der Waals surface area contributed by atoms with Gasteiger partial charge in [0.05, 0.1) is 12.3 Å². The molecule has 0 spiro atoms. The third-order valence-corrected chi connectivity index (χ3v) is 5.78. The second-order valence-corrected chi connectivity index (χ2v) is 8.51. The fraction of sp³-hybridized carbons (Fsp3) is 0.200. The van der Waals surface area contributed by atoms with Gasteiger partial charge in [-0.15, -0.1) is 5.10 Å². The second-order valence-electron chi connectivity index (χ2n) is 8.07. The number of rotatable bonds is 8. The molecule has 0 saturated heterocycles. The number of carbonyl (C=O) groups is 1. The number of nitrogens with zero attached hydrogens (tertiary/aromatic N) is 5. The number of hydrogen-bond acceptors (Lipinski definition) is 5. The predicted molar refractivity (Wildman–Crippen MR) is 134 cm³/mol. The van der Waals surface area contributed by atoms with Gasteiger partial charge in [-0.05, 0) is 61.0 Å². The van der Waals surface area contributed by atoms with Gasteiger partial charge in [-0.3, -0.25) is 4.79 Å². The lowest BCUT2D eigenvalue weighted by molar-refractivity contribution is -0.117. The molecular weight excluding hydrogens is 468 g/mol. The van der Waals surface area contributed by atoms with Crippen molar-refractivity contribution < 1.29 is 9.53 Å². The zero-order valence-electron chi connectivity index (χ0n) is 19.0. The third-order valence-electron chi connectivity index (χ3n) is 5.53. The fourth-order valence-corrected chi connectivity index (χ4v) is 3.83. The summed E-state index contributed by atoms with van der Waals surface area (Å²) in [7, 11) is 0. The first-order valence-electron chi connectivity index (χ1n) is 11.3. The van der Waals surface area contributed by atoms with E-state index in [0.717, 1.165) is 34.5 Å². The number of hydrogen-bond donors (Lipinski definition) is 1. The highest BCUT2D eigenvalue weighted by Crippen LogP contribution is 2.24. The Morgan fingerprint density at radius 1 is 1.06 bits per heavy atom. The molecule has 0 bridgehead atoms. The van der Waals surface area contributed by atoms with Gasteiger partial charge in [-0.25, -0.2) is 18.4 Å². The number of nitrogens with one attached hydrogen (secondary N) is 1. The highest BCUT2D eigenvalue weighted by atomic mass is 35.5. The molecule has 0 radical (unpaired) electrons. The van der Waals surface area contributed by atoms with E-state index < -0.39 is 5.69 Å². The quantitative estimate of drug-likeness (QED) is 0.327. The van der Waals surface area contributed by atoms with Crippen LogP contribution >= 0.6 is 11.6 Å². The summed E-state index contributed by atoms with van der Waals surface area (Å²) in [5.41, 5.74) is 2.89. The van der Waals surface area contributed by atoms with E-state index in [-0.39, 0.29) is 12.5 Å². The van der Waals surface area contributed by atoms with Gasteiger partial charge >= 0.3 is 5.69 Å². The van der Waals surface area contributed by atoms with Crippen molar-refractivity contribution >= 4 is 34.4 Å². The van der Waals surface area contributed by atoms with Crippen LogP contribution in [0.15, 0.2) is 71.8 Å². The van der Waals surface area contributed by atoms with Crippen molar-refractivity contribution in [2.24, 2.45) is 0 Å². The molecule has 10 heteroatoms. The minimum absolute atomic E-state index is 0.226. The smallest absolute Gasteiger partial charge is 0.350 e. The lowest BCUT2D eigenvalue weighted by Crippen LogP contribution is -2.28. The van der Waals surface area contributed by atoms with E-state index in [9.17, 15) is 9.59 Å². The first kappa shape index (κ1) is 22.7. The van der Waals surface area contributed by atoms with Crippen LogP contribution in [0.2, 0.25) is 5.02 Å². The minimum atomic E-state index is -0.412. The van der Waals surface area contributed by atoms with Crippen LogP contribution in [-0.4, -0.2) is 36.3 Å². The third kappa shape index (κ3) is 4.76. The Hall–Kier alpha value is -4.11. The van der Waals surface area contributed by atoms with Gasteiger partial charge in [0.25, 0.3) is 0 Å². The maximum atomic E-state index is 12.8. The number of unbranched alkanes of at least 4 members (excludes halogenated alkanes) is 1. The molecule has 9 nitrogen and oxygen atoms in total. The van der Waals surface area contributed by atoms with Gasteiger partial charge < -0.3 is 10.1 Å². The summed E-state index contributed by atoms with van der Waals surface area (Å²) in [6, 6.07) is 16.3. The van der Waals surface area contributed by atoms with E-state index in [1.165, 1.54) is 4.40 Å². The van der Waals surface area contributed by atoms with E-state index in [2.05, 4.69) is 22.4 Å². The molecule has 0 atom stereocenters. The number of benzene rings is 2. The number of anilines is 1. The molecule has 0 fully saturated rings. The molecular formula is C25H23ClN6O3. The second kappa shape index (κ2) is 9.63. The van der Waals surface area contributed by atoms with E-state index in [4.69, 9.17) is 16.3 Å². The molecule has 0 aliphatic carbocycles. The van der Waals surface area contributed by atoms with Crippen LogP contribution in [0.25, 0.3) is 22.4 Å². The lowest BCUT2D eigenvalue weighted by Gasteiger charge is -2.05. The topological polar surface area (TPSA) is 94.9 Å². The normalized spacial score (nSPS) is 11.3. The number of amides is 1. The molecule has 5 rings (SSSR count). The molecule has 2 aromatic carbocycles. The average molecular weight is 491 g/mol. The van der Waals surface area contributed by atoms with Crippen molar-refractivity contribution in [3.8, 4) is 17.0 Å². The Bertz CT molecular complexity index is 1550. The molecule has 178 valence electrons. The van der Waals surface area contributed by atoms with E-state index >= 15 is 0 Å². The monoisotopic (exact) mass is 490 g/mol. The van der Waals surface area contributed by atoms with Crippen molar-refractivity contribution in [1.29, 1.82) is 0 Å². The zero-order chi connectivity index (χ0) is 24.4. The Morgan fingerprint density at radius 3 is 2.57 bits per heavy atom. The lowest BCUT2D eigenvalue weighted by atomic mass is 10.1. The zero-order valence-corrected chi connectivity index (χ0v) is 19.8. The molecule has 1 amide bonds. The van der Waals surface area contributed by atoms with Crippen LogP contribution in [0.1, 0.15) is 19.8 Å². The Labute approximate surface area is 205 Å². The molecule has 0 unspecified atom stereocenters. The maximum absolute atomic E-state index is 12.8. The van der Waals surface area contributed by atoms with E-state index in [1.807, 2.05) is 30.3 Å². The highest BCUT2D eigenvalue weighted by Gasteiger charge is 2.15. The van der Waals surface area contributed by atoms with Gasteiger partial charge in [0.15, 0.2) is 5.65 Å². The Balaban J connectivity index is 1.40. The first-order valence-corrected chi connectivity index (χ1v) is 11.7. The van der Waals surface area contributed by atoms with E-state index in [0.29, 0.717) is 28.5 Å². The summed E-state index contributed by atoms with van der Waals surface area (Å²) >= 11 is 5.88. The number of fused-ring (bicyclic) bond motifs is 3. The number of aromatic nitrogens is 5. The average Bonchev–Trinajstić information content (AvgIpc) is 3.43. The molecule has 0 saturated carbocycles. The molecule has 35 heavy (non-hydrogen) atoms. The Morgan fingerprint density at radius 2 is 1.83 bits per heavy atom. The summed E-state index contributed by atoms with van der Waals surface area (Å²) in [6.45, 7) is 2.59. The van der Waals surface area contributed by atoms with Crippen molar-refractivity contribution in [2.45, 2.75) is 26.3 Å². The van der Waals surface area contributed by atoms with Crippen LogP contribution in [-0.2, 0) is 11.3 Å². The van der Waals surface area contributed by atoms with Crippen molar-refractivity contribution in [1.82, 2.24) is 23.8 Å². The molecule has 0 aliphatic heterocycles. The first-order chi connectivity index (χ1) is 17.0. The van der Waals surface area contributed by atoms with E-state index in [1.54, 1.807) is 41.2 Å². The van der Waals surface area contributed by atoms with Crippen molar-refractivity contribution in [3.63, 3.8) is 0 Å². The van der Waals surface area contributed by atoms with Gasteiger partial charge in [0.2, 0.25) is 5.91 Å². The fourth-order valence-electron chi connectivity index (χ4n) is 3.70. The van der Waals surface area contributed by atoms with Crippen LogP contribution < -0.4 is 15.7 Å². The molecule has 0 aliphatic rings. The summed E-state index contributed by atoms with van der Waals surface area (Å²) in [5, 5.41) is 12.3.